The van der Waals surface area contributed by atoms with Crippen LogP contribution in [0.5, 0.6) is 0 Å². The van der Waals surface area contributed by atoms with E-state index >= 15 is 0 Å². The van der Waals surface area contributed by atoms with E-state index in [1.165, 1.54) is 12.8 Å². The van der Waals surface area contributed by atoms with Gasteiger partial charge in [-0.05, 0) is 56.4 Å². The van der Waals surface area contributed by atoms with Gasteiger partial charge in [-0.25, -0.2) is 0 Å². The van der Waals surface area contributed by atoms with Crippen molar-refractivity contribution >= 4 is 0 Å². The van der Waals surface area contributed by atoms with Gasteiger partial charge in [-0.1, -0.05) is 20.8 Å². The van der Waals surface area contributed by atoms with Gasteiger partial charge in [0.15, 0.2) is 0 Å². The first-order valence-electron chi connectivity index (χ1n) is 7.96. The molecule has 112 valence electrons. The van der Waals surface area contributed by atoms with Crippen LogP contribution in [0.15, 0.2) is 0 Å². The van der Waals surface area contributed by atoms with E-state index in [9.17, 15) is 5.11 Å². The molecule has 2 aliphatic rings. The molecule has 1 atom stereocenters. The molecule has 3 nitrogen and oxygen atoms in total. The average Bonchev–Trinajstić information content (AvgIpc) is 2.38. The van der Waals surface area contributed by atoms with Crippen molar-refractivity contribution in [2.24, 2.45) is 22.5 Å². The van der Waals surface area contributed by atoms with Gasteiger partial charge in [0, 0.05) is 18.5 Å². The third kappa shape index (κ3) is 2.84. The van der Waals surface area contributed by atoms with Crippen LogP contribution in [0.1, 0.15) is 59.3 Å². The van der Waals surface area contributed by atoms with E-state index in [0.29, 0.717) is 12.0 Å². The molecule has 3 heteroatoms. The summed E-state index contributed by atoms with van der Waals surface area (Å²) in [6.07, 6.45) is 6.58. The molecule has 1 aliphatic carbocycles. The fourth-order valence-corrected chi connectivity index (χ4v) is 4.24. The minimum Gasteiger partial charge on any atom is -0.388 e. The molecule has 19 heavy (non-hydrogen) atoms. The second kappa shape index (κ2) is 5.34. The van der Waals surface area contributed by atoms with Gasteiger partial charge in [0.2, 0.25) is 0 Å². The summed E-state index contributed by atoms with van der Waals surface area (Å²) in [5.74, 6) is 0.771. The normalized spacial score (nSPS) is 41.2. The molecule has 1 saturated heterocycles. The lowest BCUT2D eigenvalue weighted by Crippen LogP contribution is -2.61. The maximum Gasteiger partial charge on any atom is 0.0839 e. The fourth-order valence-electron chi connectivity index (χ4n) is 4.24. The summed E-state index contributed by atoms with van der Waals surface area (Å²) in [5.41, 5.74) is 5.87. The van der Waals surface area contributed by atoms with Crippen molar-refractivity contribution in [2.75, 3.05) is 19.6 Å². The molecule has 0 aromatic rings. The molecule has 0 aromatic carbocycles. The zero-order valence-corrected chi connectivity index (χ0v) is 13.0. The third-order valence-electron chi connectivity index (χ3n) is 5.91. The summed E-state index contributed by atoms with van der Waals surface area (Å²) in [5, 5.41) is 14.5. The van der Waals surface area contributed by atoms with Gasteiger partial charge < -0.3 is 16.2 Å². The van der Waals surface area contributed by atoms with Gasteiger partial charge in [-0.15, -0.1) is 0 Å². The maximum absolute atomic E-state index is 11.1. The van der Waals surface area contributed by atoms with Crippen LogP contribution in [-0.2, 0) is 0 Å². The van der Waals surface area contributed by atoms with Crippen molar-refractivity contribution in [3.63, 3.8) is 0 Å². The molecule has 0 spiro atoms. The van der Waals surface area contributed by atoms with Gasteiger partial charge in [0.1, 0.15) is 0 Å². The highest BCUT2D eigenvalue weighted by molar-refractivity contribution is 5.05. The van der Waals surface area contributed by atoms with Gasteiger partial charge in [-0.3, -0.25) is 0 Å². The predicted molar refractivity (Wildman–Crippen MR) is 80.0 cm³/mol. The van der Waals surface area contributed by atoms with E-state index in [1.54, 1.807) is 0 Å². The molecule has 1 unspecified atom stereocenters. The molecule has 0 aromatic heterocycles. The van der Waals surface area contributed by atoms with Crippen molar-refractivity contribution in [2.45, 2.75) is 64.9 Å². The fraction of sp³-hybridized carbons (Fsp3) is 1.00. The summed E-state index contributed by atoms with van der Waals surface area (Å²) >= 11 is 0. The first-order chi connectivity index (χ1) is 8.83. The minimum atomic E-state index is -0.581. The Morgan fingerprint density at radius 2 is 1.84 bits per heavy atom. The third-order valence-corrected chi connectivity index (χ3v) is 5.91. The van der Waals surface area contributed by atoms with Crippen LogP contribution in [0, 0.1) is 16.7 Å². The Balaban J connectivity index is 2.09. The zero-order chi connectivity index (χ0) is 14.1. The number of piperidine rings is 1. The van der Waals surface area contributed by atoms with E-state index in [-0.39, 0.29) is 5.41 Å². The molecular formula is C16H32N2O. The molecule has 0 radical (unpaired) electrons. The van der Waals surface area contributed by atoms with Crippen LogP contribution in [0.25, 0.3) is 0 Å². The molecule has 2 fully saturated rings. The highest BCUT2D eigenvalue weighted by Gasteiger charge is 2.51. The minimum absolute atomic E-state index is 0.0534. The maximum atomic E-state index is 11.1. The van der Waals surface area contributed by atoms with Crippen molar-refractivity contribution in [1.29, 1.82) is 0 Å². The highest BCUT2D eigenvalue weighted by atomic mass is 16.3. The average molecular weight is 268 g/mol. The predicted octanol–water partition coefficient (Wildman–Crippen LogP) is 2.28. The first kappa shape index (κ1) is 15.3. The lowest BCUT2D eigenvalue weighted by Gasteiger charge is -2.53. The standard InChI is InChI=1S/C16H32N2O/c1-14(2,3)13-5-8-15(11-17,9-6-13)16(19)7-4-10-18-12-16/h13,18-19H,4-12,17H2,1-3H3. The Hall–Kier alpha value is -0.120. The summed E-state index contributed by atoms with van der Waals surface area (Å²) in [6.45, 7) is 9.40. The van der Waals surface area contributed by atoms with E-state index in [4.69, 9.17) is 5.73 Å². The molecule has 2 rings (SSSR count). The largest absolute Gasteiger partial charge is 0.388 e. The quantitative estimate of drug-likeness (QED) is 0.720. The van der Waals surface area contributed by atoms with Gasteiger partial charge in [0.05, 0.1) is 5.60 Å². The number of β-amino-alcohol motifs (C(OH)–C–C–N with tert-alkyl or cyclic N) is 1. The monoisotopic (exact) mass is 268 g/mol. The summed E-state index contributed by atoms with van der Waals surface area (Å²) in [6, 6.07) is 0. The van der Waals surface area contributed by atoms with E-state index < -0.39 is 5.60 Å². The molecule has 1 saturated carbocycles. The van der Waals surface area contributed by atoms with Gasteiger partial charge in [0.25, 0.3) is 0 Å². The van der Waals surface area contributed by atoms with E-state index in [0.717, 1.165) is 44.7 Å². The summed E-state index contributed by atoms with van der Waals surface area (Å²) < 4.78 is 0. The van der Waals surface area contributed by atoms with Crippen LogP contribution in [-0.4, -0.2) is 30.3 Å². The lowest BCUT2D eigenvalue weighted by atomic mass is 9.56. The molecule has 1 aliphatic heterocycles. The number of nitrogens with one attached hydrogen (secondary N) is 1. The van der Waals surface area contributed by atoms with Crippen molar-refractivity contribution in [3.8, 4) is 0 Å². The Morgan fingerprint density at radius 3 is 2.26 bits per heavy atom. The zero-order valence-electron chi connectivity index (χ0n) is 13.0. The Labute approximate surface area is 118 Å². The Bertz CT molecular complexity index is 294. The second-order valence-electron chi connectivity index (χ2n) is 7.94. The number of hydrogen-bond donors (Lipinski definition) is 3. The summed E-state index contributed by atoms with van der Waals surface area (Å²) in [4.78, 5) is 0. The van der Waals surface area contributed by atoms with E-state index in [2.05, 4.69) is 26.1 Å². The molecule has 1 heterocycles. The van der Waals surface area contributed by atoms with Crippen LogP contribution >= 0.6 is 0 Å². The number of aliphatic hydroxyl groups is 1. The summed E-state index contributed by atoms with van der Waals surface area (Å²) in [7, 11) is 0. The SMILES string of the molecule is CC(C)(C)C1CCC(CN)(C2(O)CCCNC2)CC1. The van der Waals surface area contributed by atoms with E-state index in [1.807, 2.05) is 0 Å². The second-order valence-corrected chi connectivity index (χ2v) is 7.94. The van der Waals surface area contributed by atoms with Gasteiger partial charge >= 0.3 is 0 Å². The Kier molecular flexibility index (Phi) is 4.29. The highest BCUT2D eigenvalue weighted by Crippen LogP contribution is 2.51. The molecule has 0 amide bonds. The lowest BCUT2D eigenvalue weighted by molar-refractivity contribution is -0.121. The number of hydrogen-bond acceptors (Lipinski definition) is 3. The van der Waals surface area contributed by atoms with Crippen molar-refractivity contribution in [1.82, 2.24) is 5.32 Å². The number of nitrogens with two attached hydrogens (primary N) is 1. The van der Waals surface area contributed by atoms with Crippen LogP contribution in [0.4, 0.5) is 0 Å². The van der Waals surface area contributed by atoms with Gasteiger partial charge in [-0.2, -0.15) is 0 Å². The van der Waals surface area contributed by atoms with Crippen LogP contribution < -0.4 is 11.1 Å². The van der Waals surface area contributed by atoms with Crippen LogP contribution in [0.3, 0.4) is 0 Å². The molecule has 4 N–H and O–H groups in total. The molecular weight excluding hydrogens is 236 g/mol. The van der Waals surface area contributed by atoms with Crippen molar-refractivity contribution in [3.05, 3.63) is 0 Å². The first-order valence-corrected chi connectivity index (χ1v) is 7.96. The smallest absolute Gasteiger partial charge is 0.0839 e. The number of rotatable bonds is 2. The molecule has 0 bridgehead atoms. The Morgan fingerprint density at radius 1 is 1.21 bits per heavy atom. The van der Waals surface area contributed by atoms with Crippen molar-refractivity contribution < 1.29 is 5.11 Å². The van der Waals surface area contributed by atoms with Crippen LogP contribution in [0.2, 0.25) is 0 Å². The topological polar surface area (TPSA) is 58.3 Å².